The zero-order chi connectivity index (χ0) is 10.2. The van der Waals surface area contributed by atoms with Crippen LogP contribution in [0.5, 0.6) is 0 Å². The molecule has 0 fully saturated rings. The Balaban J connectivity index is 4.88. The van der Waals surface area contributed by atoms with E-state index in [1.807, 2.05) is 0 Å². The van der Waals surface area contributed by atoms with Crippen molar-refractivity contribution in [2.75, 3.05) is 0 Å². The van der Waals surface area contributed by atoms with Gasteiger partial charge in [0.25, 0.3) is 0 Å². The molecule has 1 unspecified atom stereocenters. The molecule has 1 atom stereocenters. The van der Waals surface area contributed by atoms with Crippen molar-refractivity contribution in [2.45, 2.75) is 9.33 Å². The van der Waals surface area contributed by atoms with E-state index in [1.54, 1.807) is 0 Å². The predicted molar refractivity (Wildman–Crippen MR) is 60.5 cm³/mol. The molecular weight excluding hydrogens is 392 g/mol. The minimum Gasteiger partial charge on any atom is -0.769 e. The van der Waals surface area contributed by atoms with Gasteiger partial charge in [-0.15, -0.1) is 0 Å². The van der Waals surface area contributed by atoms with Gasteiger partial charge in [-0.2, -0.15) is 0 Å². The summed E-state index contributed by atoms with van der Waals surface area (Å²) in [5, 5.41) is 10.4. The molecule has 72 valence electrons. The maximum atomic E-state index is 10.9. The van der Waals surface area contributed by atoms with E-state index in [4.69, 9.17) is 23.0 Å². The van der Waals surface area contributed by atoms with Gasteiger partial charge in [0.15, 0.2) is 9.33 Å². The molecule has 8 N–H and O–H groups in total. The maximum Gasteiger partial charge on any atom is 0.226 e. The molecule has 0 aromatic rings. The summed E-state index contributed by atoms with van der Waals surface area (Å²) in [4.78, 5) is 10.9. The molecule has 9 heteroatoms. The molecule has 12 heavy (non-hydrogen) atoms. The van der Waals surface area contributed by atoms with Crippen molar-refractivity contribution in [1.82, 2.24) is 5.17 Å². The van der Waals surface area contributed by atoms with Crippen LogP contribution in [-0.2, 0) is 4.79 Å². The number of rotatable bonds is 3. The topological polar surface area (TPSA) is 147 Å². The molecule has 0 aliphatic rings. The van der Waals surface area contributed by atoms with Crippen molar-refractivity contribution in [3.63, 3.8) is 0 Å². The number of hydrazine groups is 1. The summed E-state index contributed by atoms with van der Waals surface area (Å²) in [6.45, 7) is 0. The second-order valence-corrected chi connectivity index (χ2v) is 4.82. The molecule has 0 amide bonds. The van der Waals surface area contributed by atoms with E-state index in [1.165, 1.54) is 45.2 Å². The van der Waals surface area contributed by atoms with Crippen LogP contribution in [0, 0.1) is 5.21 Å². The van der Waals surface area contributed by atoms with Gasteiger partial charge >= 0.3 is 0 Å². The van der Waals surface area contributed by atoms with Gasteiger partial charge < -0.3 is 10.9 Å². The summed E-state index contributed by atoms with van der Waals surface area (Å²) >= 11 is 2.86. The summed E-state index contributed by atoms with van der Waals surface area (Å²) in [5.41, 5.74) is 15.9. The van der Waals surface area contributed by atoms with Crippen LogP contribution in [0.15, 0.2) is 0 Å². The molecule has 0 heterocycles. The zero-order valence-electron chi connectivity index (χ0n) is 5.83. The molecule has 0 aliphatic heterocycles. The third-order valence-electron chi connectivity index (χ3n) is 1.23. The number of alkyl halides is 1. The molecule has 0 radical (unpaired) electrons. The predicted octanol–water partition coefficient (Wildman–Crippen LogP) is -1.72. The van der Waals surface area contributed by atoms with Gasteiger partial charge in [-0.25, -0.2) is 0 Å². The molecule has 0 aliphatic carbocycles. The van der Waals surface area contributed by atoms with Gasteiger partial charge in [0.1, 0.15) is 0 Å². The lowest BCUT2D eigenvalue weighted by atomic mass is 10.2. The SMILES string of the molecule is NN([O-])C(N)(N)C(N)(I)C(=O)I. The van der Waals surface area contributed by atoms with Crippen LogP contribution in [0.25, 0.3) is 0 Å². The van der Waals surface area contributed by atoms with E-state index in [9.17, 15) is 10.0 Å². The number of hydroxylamine groups is 1. The highest BCUT2D eigenvalue weighted by atomic mass is 127. The summed E-state index contributed by atoms with van der Waals surface area (Å²) < 4.78 is -2.28. The molecule has 0 rings (SSSR count). The van der Waals surface area contributed by atoms with Crippen LogP contribution in [0.4, 0.5) is 0 Å². The largest absolute Gasteiger partial charge is 0.769 e. The highest BCUT2D eigenvalue weighted by Crippen LogP contribution is 2.25. The second-order valence-electron chi connectivity index (χ2n) is 2.14. The van der Waals surface area contributed by atoms with Crippen molar-refractivity contribution in [3.05, 3.63) is 5.21 Å². The van der Waals surface area contributed by atoms with Crippen molar-refractivity contribution in [3.8, 4) is 0 Å². The Morgan fingerprint density at radius 1 is 1.42 bits per heavy atom. The smallest absolute Gasteiger partial charge is 0.226 e. The second kappa shape index (κ2) is 3.95. The molecular formula is C3H8I2N5O2-. The van der Waals surface area contributed by atoms with Crippen LogP contribution in [-0.4, -0.2) is 18.3 Å². The minimum absolute atomic E-state index is 0.240. The number of carbonyl (C=O) groups is 1. The Bertz CT molecular complexity index is 193. The lowest BCUT2D eigenvalue weighted by Crippen LogP contribution is -2.78. The lowest BCUT2D eigenvalue weighted by Gasteiger charge is -2.45. The summed E-state index contributed by atoms with van der Waals surface area (Å²) in [7, 11) is 0. The van der Waals surface area contributed by atoms with E-state index in [-0.39, 0.29) is 5.17 Å². The fourth-order valence-corrected chi connectivity index (χ4v) is 0.988. The van der Waals surface area contributed by atoms with Crippen LogP contribution >= 0.6 is 45.2 Å². The fourth-order valence-electron chi connectivity index (χ4n) is 0.318. The molecule has 0 saturated heterocycles. The maximum absolute atomic E-state index is 10.9. The van der Waals surface area contributed by atoms with Gasteiger partial charge in [-0.1, -0.05) is 0 Å². The van der Waals surface area contributed by atoms with Crippen LogP contribution < -0.4 is 23.0 Å². The Morgan fingerprint density at radius 3 is 1.83 bits per heavy atom. The first-order valence-electron chi connectivity index (χ1n) is 2.61. The van der Waals surface area contributed by atoms with Gasteiger partial charge in [0.2, 0.25) is 3.79 Å². The number of nitrogens with two attached hydrogens (primary N) is 4. The number of halogens is 2. The van der Waals surface area contributed by atoms with E-state index >= 15 is 0 Å². The van der Waals surface area contributed by atoms with Crippen molar-refractivity contribution < 1.29 is 4.79 Å². The van der Waals surface area contributed by atoms with E-state index in [2.05, 4.69) is 0 Å². The Hall–Kier alpha value is 0.890. The number of hydrogen-bond donors (Lipinski definition) is 4. The molecule has 0 saturated carbocycles. The number of hydrogen-bond acceptors (Lipinski definition) is 7. The van der Waals surface area contributed by atoms with Crippen molar-refractivity contribution >= 4 is 49.0 Å². The summed E-state index contributed by atoms with van der Waals surface area (Å²) in [5.74, 6) is 2.66. The number of carbonyl (C=O) groups excluding carboxylic acids is 1. The monoisotopic (exact) mass is 400 g/mol. The summed E-state index contributed by atoms with van der Waals surface area (Å²) in [6.07, 6.45) is 0. The Kier molecular flexibility index (Phi) is 4.24. The van der Waals surface area contributed by atoms with Crippen molar-refractivity contribution in [1.29, 1.82) is 0 Å². The van der Waals surface area contributed by atoms with Crippen molar-refractivity contribution in [2.24, 2.45) is 23.0 Å². The quantitative estimate of drug-likeness (QED) is 0.0839. The molecule has 0 bridgehead atoms. The van der Waals surface area contributed by atoms with Crippen LogP contribution in [0.3, 0.4) is 0 Å². The standard InChI is InChI=1S/C3H8I2N5O2/c4-1(11)2(5,6)3(7,8)10(9)12/h6-9H2/q-1. The first-order chi connectivity index (χ1) is 5.14. The lowest BCUT2D eigenvalue weighted by molar-refractivity contribution is -0.114. The van der Waals surface area contributed by atoms with E-state index in [0.717, 1.165) is 0 Å². The van der Waals surface area contributed by atoms with Crippen LogP contribution in [0.1, 0.15) is 0 Å². The molecule has 0 aromatic heterocycles. The normalized spacial score (nSPS) is 17.7. The third kappa shape index (κ3) is 2.22. The zero-order valence-corrected chi connectivity index (χ0v) is 10.1. The fraction of sp³-hybridized carbons (Fsp3) is 0.667. The van der Waals surface area contributed by atoms with Gasteiger partial charge in [0, 0.05) is 22.6 Å². The molecule has 7 nitrogen and oxygen atoms in total. The third-order valence-corrected chi connectivity index (χ3v) is 4.47. The first-order valence-corrected chi connectivity index (χ1v) is 4.77. The Labute approximate surface area is 96.0 Å². The van der Waals surface area contributed by atoms with E-state index < -0.39 is 13.1 Å². The average molecular weight is 400 g/mol. The first kappa shape index (κ1) is 12.9. The molecule has 0 aromatic carbocycles. The summed E-state index contributed by atoms with van der Waals surface area (Å²) in [6, 6.07) is 0. The molecule has 0 spiro atoms. The average Bonchev–Trinajstić information content (AvgIpc) is 1.86. The van der Waals surface area contributed by atoms with Gasteiger partial charge in [0.05, 0.1) is 0 Å². The Morgan fingerprint density at radius 2 is 1.75 bits per heavy atom. The highest BCUT2D eigenvalue weighted by molar-refractivity contribution is 14.1. The van der Waals surface area contributed by atoms with Gasteiger partial charge in [-0.3, -0.25) is 27.3 Å². The number of nitrogens with zero attached hydrogens (tertiary/aromatic N) is 1. The van der Waals surface area contributed by atoms with Crippen LogP contribution in [0.2, 0.25) is 0 Å². The van der Waals surface area contributed by atoms with Gasteiger partial charge in [-0.05, 0) is 22.6 Å². The minimum atomic E-state index is -2.12. The highest BCUT2D eigenvalue weighted by Gasteiger charge is 2.47. The van der Waals surface area contributed by atoms with E-state index in [0.29, 0.717) is 0 Å².